The molecule has 0 radical (unpaired) electrons. The van der Waals surface area contributed by atoms with Crippen molar-refractivity contribution in [1.29, 1.82) is 0 Å². The maximum atomic E-state index is 5.43. The van der Waals surface area contributed by atoms with E-state index in [1.54, 1.807) is 6.08 Å². The predicted molar refractivity (Wildman–Crippen MR) is 43.3 cm³/mol. The maximum Gasteiger partial charge on any atom is 0.209 e. The van der Waals surface area contributed by atoms with Crippen molar-refractivity contribution in [3.8, 4) is 0 Å². The molecule has 0 bridgehead atoms. The molecule has 0 saturated heterocycles. The minimum absolute atomic E-state index is 0.237. The van der Waals surface area contributed by atoms with Gasteiger partial charge in [-0.15, -0.1) is 6.58 Å². The Morgan fingerprint density at radius 3 is 2.80 bits per heavy atom. The van der Waals surface area contributed by atoms with E-state index in [4.69, 9.17) is 17.5 Å². The summed E-state index contributed by atoms with van der Waals surface area (Å²) in [7, 11) is 0. The fourth-order valence-corrected chi connectivity index (χ4v) is 0.589. The van der Waals surface area contributed by atoms with Crippen molar-refractivity contribution in [3.05, 3.63) is 23.4 Å². The van der Waals surface area contributed by atoms with Gasteiger partial charge in [0.25, 0.3) is 0 Å². The monoisotopic (exact) mass is 161 g/mol. The molecule has 0 aliphatic heterocycles. The van der Waals surface area contributed by atoms with Gasteiger partial charge in [-0.05, 0) is 37.4 Å². The van der Waals surface area contributed by atoms with Crippen molar-refractivity contribution in [1.82, 2.24) is 0 Å². The molecule has 0 aromatic carbocycles. The summed E-state index contributed by atoms with van der Waals surface area (Å²) >= 11 is 5.43. The van der Waals surface area contributed by atoms with Gasteiger partial charge in [-0.25, -0.2) is 0 Å². The van der Waals surface area contributed by atoms with Crippen molar-refractivity contribution in [2.45, 2.75) is 19.8 Å². The normalized spacial score (nSPS) is 11.3. The molecule has 0 aliphatic rings. The van der Waals surface area contributed by atoms with Crippen LogP contribution in [0.25, 0.3) is 0 Å². The SMILES string of the molecule is C=C(C)CC/C=C(/Cl)ON. The molecule has 0 aromatic heterocycles. The lowest BCUT2D eigenvalue weighted by Crippen LogP contribution is -1.93. The van der Waals surface area contributed by atoms with Gasteiger partial charge in [0.2, 0.25) is 5.22 Å². The first kappa shape index (κ1) is 9.53. The average Bonchev–Trinajstić information content (AvgIpc) is 1.87. The van der Waals surface area contributed by atoms with Gasteiger partial charge in [-0.3, -0.25) is 0 Å². The Bertz CT molecular complexity index is 143. The molecule has 10 heavy (non-hydrogen) atoms. The number of nitrogens with two attached hydrogens (primary N) is 1. The van der Waals surface area contributed by atoms with E-state index < -0.39 is 0 Å². The van der Waals surface area contributed by atoms with Gasteiger partial charge in [0.15, 0.2) is 0 Å². The first-order chi connectivity index (χ1) is 4.66. The van der Waals surface area contributed by atoms with Crippen LogP contribution in [-0.4, -0.2) is 0 Å². The van der Waals surface area contributed by atoms with E-state index in [1.165, 1.54) is 0 Å². The Morgan fingerprint density at radius 1 is 1.80 bits per heavy atom. The first-order valence-electron chi connectivity index (χ1n) is 3.03. The molecular formula is C7H12ClNO. The van der Waals surface area contributed by atoms with Crippen LogP contribution in [0.2, 0.25) is 0 Å². The van der Waals surface area contributed by atoms with Crippen molar-refractivity contribution in [2.24, 2.45) is 5.90 Å². The van der Waals surface area contributed by atoms with Gasteiger partial charge in [-0.1, -0.05) is 5.57 Å². The lowest BCUT2D eigenvalue weighted by Gasteiger charge is -1.95. The summed E-state index contributed by atoms with van der Waals surface area (Å²) in [6.45, 7) is 5.70. The smallest absolute Gasteiger partial charge is 0.209 e. The second-order valence-corrected chi connectivity index (χ2v) is 2.49. The van der Waals surface area contributed by atoms with E-state index in [0.717, 1.165) is 18.4 Å². The third-order valence-corrected chi connectivity index (χ3v) is 1.23. The van der Waals surface area contributed by atoms with Gasteiger partial charge < -0.3 is 4.84 Å². The van der Waals surface area contributed by atoms with E-state index in [2.05, 4.69) is 11.4 Å². The highest BCUT2D eigenvalue weighted by Gasteiger charge is 1.88. The summed E-state index contributed by atoms with van der Waals surface area (Å²) < 4.78 is 0. The Morgan fingerprint density at radius 2 is 2.40 bits per heavy atom. The number of halogens is 1. The first-order valence-corrected chi connectivity index (χ1v) is 3.41. The number of allylic oxidation sites excluding steroid dienone is 2. The van der Waals surface area contributed by atoms with Crippen LogP contribution in [0.15, 0.2) is 23.4 Å². The van der Waals surface area contributed by atoms with Crippen molar-refractivity contribution < 1.29 is 4.84 Å². The van der Waals surface area contributed by atoms with Gasteiger partial charge in [-0.2, -0.15) is 5.90 Å². The number of hydrogen-bond acceptors (Lipinski definition) is 2. The Balaban J connectivity index is 3.43. The Hall–Kier alpha value is -0.470. The van der Waals surface area contributed by atoms with Crippen LogP contribution in [0.5, 0.6) is 0 Å². The van der Waals surface area contributed by atoms with Crippen LogP contribution in [0.1, 0.15) is 19.8 Å². The van der Waals surface area contributed by atoms with E-state index in [0.29, 0.717) is 0 Å². The molecular weight excluding hydrogens is 150 g/mol. The minimum atomic E-state index is 0.237. The average molecular weight is 162 g/mol. The summed E-state index contributed by atoms with van der Waals surface area (Å²) in [5.74, 6) is 4.77. The third kappa shape index (κ3) is 5.66. The molecule has 0 saturated carbocycles. The maximum absolute atomic E-state index is 5.43. The van der Waals surface area contributed by atoms with E-state index >= 15 is 0 Å². The highest BCUT2D eigenvalue weighted by Crippen LogP contribution is 2.06. The van der Waals surface area contributed by atoms with Crippen molar-refractivity contribution in [3.63, 3.8) is 0 Å². The molecule has 58 valence electrons. The van der Waals surface area contributed by atoms with Gasteiger partial charge in [0.1, 0.15) is 0 Å². The molecule has 0 amide bonds. The molecule has 0 fully saturated rings. The highest BCUT2D eigenvalue weighted by molar-refractivity contribution is 6.28. The fraction of sp³-hybridized carbons (Fsp3) is 0.429. The van der Waals surface area contributed by atoms with Gasteiger partial charge >= 0.3 is 0 Å². The number of rotatable bonds is 4. The summed E-state index contributed by atoms with van der Waals surface area (Å²) in [4.78, 5) is 4.23. The zero-order valence-corrected chi connectivity index (χ0v) is 6.82. The molecule has 0 aromatic rings. The number of hydrogen-bond donors (Lipinski definition) is 1. The largest absolute Gasteiger partial charge is 0.399 e. The van der Waals surface area contributed by atoms with Crippen molar-refractivity contribution >= 4 is 11.6 Å². The van der Waals surface area contributed by atoms with Crippen LogP contribution >= 0.6 is 11.6 Å². The van der Waals surface area contributed by atoms with Crippen LogP contribution in [0.4, 0.5) is 0 Å². The molecule has 0 heterocycles. The predicted octanol–water partition coefficient (Wildman–Crippen LogP) is 2.31. The topological polar surface area (TPSA) is 35.2 Å². The minimum Gasteiger partial charge on any atom is -0.399 e. The van der Waals surface area contributed by atoms with E-state index in [1.807, 2.05) is 6.92 Å². The van der Waals surface area contributed by atoms with Gasteiger partial charge in [0, 0.05) is 0 Å². The second kappa shape index (κ2) is 5.33. The molecule has 3 heteroatoms. The van der Waals surface area contributed by atoms with Crippen LogP contribution in [-0.2, 0) is 4.84 Å². The highest BCUT2D eigenvalue weighted by atomic mass is 35.5. The quantitative estimate of drug-likeness (QED) is 0.390. The molecule has 0 spiro atoms. The fourth-order valence-electron chi connectivity index (χ4n) is 0.480. The van der Waals surface area contributed by atoms with E-state index in [9.17, 15) is 0 Å². The molecule has 0 aliphatic carbocycles. The lowest BCUT2D eigenvalue weighted by atomic mass is 10.2. The summed E-state index contributed by atoms with van der Waals surface area (Å²) in [5.41, 5.74) is 1.12. The van der Waals surface area contributed by atoms with Gasteiger partial charge in [0.05, 0.1) is 0 Å². The summed E-state index contributed by atoms with van der Waals surface area (Å²) in [5, 5.41) is 0.237. The Labute approximate surface area is 66.3 Å². The molecule has 0 unspecified atom stereocenters. The third-order valence-electron chi connectivity index (χ3n) is 0.989. The zero-order valence-electron chi connectivity index (χ0n) is 6.06. The zero-order chi connectivity index (χ0) is 7.98. The molecule has 2 N–H and O–H groups in total. The standard InChI is InChI=1S/C7H12ClNO/c1-6(2)4-3-5-7(8)10-9/h5H,1,3-4,9H2,2H3/b7-5-. The summed E-state index contributed by atoms with van der Waals surface area (Å²) in [6.07, 6.45) is 3.46. The molecule has 0 atom stereocenters. The summed E-state index contributed by atoms with van der Waals surface area (Å²) in [6, 6.07) is 0. The van der Waals surface area contributed by atoms with Crippen LogP contribution < -0.4 is 5.90 Å². The van der Waals surface area contributed by atoms with Crippen LogP contribution in [0, 0.1) is 0 Å². The Kier molecular flexibility index (Phi) is 5.08. The van der Waals surface area contributed by atoms with E-state index in [-0.39, 0.29) is 5.22 Å². The lowest BCUT2D eigenvalue weighted by molar-refractivity contribution is 0.245. The molecule has 2 nitrogen and oxygen atoms in total. The second-order valence-electron chi connectivity index (χ2n) is 2.12. The van der Waals surface area contributed by atoms with Crippen molar-refractivity contribution in [2.75, 3.05) is 0 Å². The van der Waals surface area contributed by atoms with Crippen LogP contribution in [0.3, 0.4) is 0 Å². The molecule has 0 rings (SSSR count).